The van der Waals surface area contributed by atoms with Crippen LogP contribution in [0.15, 0.2) is 12.1 Å². The summed E-state index contributed by atoms with van der Waals surface area (Å²) in [4.78, 5) is 10.6. The molecule has 0 saturated heterocycles. The van der Waals surface area contributed by atoms with Crippen LogP contribution in [0.5, 0.6) is 11.5 Å². The summed E-state index contributed by atoms with van der Waals surface area (Å²) in [7, 11) is 0. The Kier molecular flexibility index (Phi) is 2.37. The number of rotatable bonds is 3. The number of carbonyl (C=O) groups excluding carboxylic acids is 1. The Morgan fingerprint density at radius 2 is 2.13 bits per heavy atom. The third-order valence-electron chi connectivity index (χ3n) is 2.17. The summed E-state index contributed by atoms with van der Waals surface area (Å²) in [6, 6.07) is 3.67. The number of hydrogen-bond acceptors (Lipinski definition) is 4. The molecule has 0 aromatic heterocycles. The summed E-state index contributed by atoms with van der Waals surface area (Å²) in [6.45, 7) is 2.28. The maximum atomic E-state index is 10.6. The number of nitrogens with two attached hydrogens (primary N) is 1. The van der Waals surface area contributed by atoms with Gasteiger partial charge in [-0.15, -0.1) is 0 Å². The maximum Gasteiger partial charge on any atom is 0.236 e. The van der Waals surface area contributed by atoms with Gasteiger partial charge in [0, 0.05) is 11.8 Å². The smallest absolute Gasteiger partial charge is 0.236 e. The van der Waals surface area contributed by atoms with E-state index in [-0.39, 0.29) is 13.3 Å². The van der Waals surface area contributed by atoms with Gasteiger partial charge in [-0.1, -0.05) is 0 Å². The van der Waals surface area contributed by atoms with E-state index in [0.717, 1.165) is 17.0 Å². The molecule has 1 aliphatic heterocycles. The molecular weight excluding hydrogens is 196 g/mol. The van der Waals surface area contributed by atoms with Crippen molar-refractivity contribution < 1.29 is 14.3 Å². The highest BCUT2D eigenvalue weighted by Crippen LogP contribution is 2.36. The fourth-order valence-electron chi connectivity index (χ4n) is 1.42. The molecule has 0 saturated carbocycles. The molecule has 1 heterocycles. The van der Waals surface area contributed by atoms with Crippen molar-refractivity contribution in [2.75, 3.05) is 18.7 Å². The zero-order valence-corrected chi connectivity index (χ0v) is 8.37. The molecule has 0 spiro atoms. The van der Waals surface area contributed by atoms with Gasteiger partial charge in [0.05, 0.1) is 6.54 Å². The first-order valence-corrected chi connectivity index (χ1v) is 4.59. The van der Waals surface area contributed by atoms with E-state index in [1.54, 1.807) is 6.07 Å². The quantitative estimate of drug-likeness (QED) is 0.763. The van der Waals surface area contributed by atoms with E-state index < -0.39 is 5.91 Å². The Balaban J connectivity index is 2.21. The monoisotopic (exact) mass is 208 g/mol. The molecule has 2 rings (SSSR count). The molecule has 80 valence electrons. The molecule has 1 aromatic carbocycles. The van der Waals surface area contributed by atoms with Crippen LogP contribution in [0.4, 0.5) is 5.69 Å². The summed E-state index contributed by atoms with van der Waals surface area (Å²) < 4.78 is 10.4. The molecule has 5 nitrogen and oxygen atoms in total. The van der Waals surface area contributed by atoms with Crippen molar-refractivity contribution in [1.29, 1.82) is 0 Å². The van der Waals surface area contributed by atoms with Gasteiger partial charge in [-0.3, -0.25) is 4.79 Å². The minimum Gasteiger partial charge on any atom is -0.454 e. The van der Waals surface area contributed by atoms with Crippen LogP contribution < -0.4 is 20.5 Å². The first kappa shape index (κ1) is 9.64. The van der Waals surface area contributed by atoms with Crippen LogP contribution in [0.3, 0.4) is 0 Å². The van der Waals surface area contributed by atoms with Gasteiger partial charge >= 0.3 is 0 Å². The third kappa shape index (κ3) is 1.96. The van der Waals surface area contributed by atoms with Crippen molar-refractivity contribution in [3.8, 4) is 11.5 Å². The normalized spacial score (nSPS) is 12.6. The Labute approximate surface area is 87.2 Å². The second-order valence-electron chi connectivity index (χ2n) is 3.34. The van der Waals surface area contributed by atoms with Crippen LogP contribution in [0.25, 0.3) is 0 Å². The molecule has 5 heteroatoms. The van der Waals surface area contributed by atoms with Crippen LogP contribution in [0.1, 0.15) is 5.56 Å². The highest BCUT2D eigenvalue weighted by atomic mass is 16.7. The standard InChI is InChI=1S/C10H12N2O3/c1-6-2-8-9(15-5-14-8)3-7(6)12-4-10(11)13/h2-3,12H,4-5H2,1H3,(H2,11,13). The van der Waals surface area contributed by atoms with Gasteiger partial charge in [0.25, 0.3) is 0 Å². The van der Waals surface area contributed by atoms with E-state index in [0.29, 0.717) is 5.75 Å². The first-order chi connectivity index (χ1) is 7.16. The van der Waals surface area contributed by atoms with E-state index in [1.807, 2.05) is 13.0 Å². The van der Waals surface area contributed by atoms with Crippen molar-refractivity contribution in [2.24, 2.45) is 5.73 Å². The predicted molar refractivity (Wildman–Crippen MR) is 55.0 cm³/mol. The SMILES string of the molecule is Cc1cc2c(cc1NCC(N)=O)OCO2. The Hall–Kier alpha value is -1.91. The number of carbonyl (C=O) groups is 1. The molecule has 1 amide bonds. The molecule has 3 N–H and O–H groups in total. The number of ether oxygens (including phenoxy) is 2. The fraction of sp³-hybridized carbons (Fsp3) is 0.300. The number of primary amides is 1. The number of benzene rings is 1. The van der Waals surface area contributed by atoms with Crippen molar-refractivity contribution in [2.45, 2.75) is 6.92 Å². The first-order valence-electron chi connectivity index (χ1n) is 4.59. The van der Waals surface area contributed by atoms with Gasteiger partial charge in [-0.05, 0) is 18.6 Å². The van der Waals surface area contributed by atoms with Crippen LogP contribution >= 0.6 is 0 Å². The van der Waals surface area contributed by atoms with Gasteiger partial charge in [-0.25, -0.2) is 0 Å². The number of nitrogens with one attached hydrogen (secondary N) is 1. The van der Waals surface area contributed by atoms with Crippen LogP contribution in [-0.4, -0.2) is 19.2 Å². The lowest BCUT2D eigenvalue weighted by molar-refractivity contribution is -0.116. The molecule has 0 aliphatic carbocycles. The predicted octanol–water partition coefficient (Wildman–Crippen LogP) is 0.621. The van der Waals surface area contributed by atoms with E-state index in [4.69, 9.17) is 15.2 Å². The van der Waals surface area contributed by atoms with Crippen LogP contribution in [-0.2, 0) is 4.79 Å². The molecule has 0 fully saturated rings. The van der Waals surface area contributed by atoms with Crippen molar-refractivity contribution >= 4 is 11.6 Å². The second kappa shape index (κ2) is 3.68. The van der Waals surface area contributed by atoms with Gasteiger partial charge in [0.2, 0.25) is 12.7 Å². The summed E-state index contributed by atoms with van der Waals surface area (Å²) in [5, 5.41) is 2.93. The van der Waals surface area contributed by atoms with Crippen molar-refractivity contribution in [1.82, 2.24) is 0 Å². The molecule has 0 unspecified atom stereocenters. The highest BCUT2D eigenvalue weighted by molar-refractivity contribution is 5.79. The summed E-state index contributed by atoms with van der Waals surface area (Å²) in [6.07, 6.45) is 0. The third-order valence-corrected chi connectivity index (χ3v) is 2.17. The molecule has 0 radical (unpaired) electrons. The lowest BCUT2D eigenvalue weighted by atomic mass is 10.2. The number of amides is 1. The minimum atomic E-state index is -0.396. The average Bonchev–Trinajstić information content (AvgIpc) is 2.60. The molecular formula is C10H12N2O3. The fourth-order valence-corrected chi connectivity index (χ4v) is 1.42. The number of fused-ring (bicyclic) bond motifs is 1. The van der Waals surface area contributed by atoms with E-state index >= 15 is 0 Å². The Bertz CT molecular complexity index is 404. The lowest BCUT2D eigenvalue weighted by Gasteiger charge is -2.08. The average molecular weight is 208 g/mol. The summed E-state index contributed by atoms with van der Waals surface area (Å²) in [5.74, 6) is 1.02. The lowest BCUT2D eigenvalue weighted by Crippen LogP contribution is -2.22. The van der Waals surface area contributed by atoms with E-state index in [9.17, 15) is 4.79 Å². The van der Waals surface area contributed by atoms with Gasteiger partial charge in [0.15, 0.2) is 11.5 Å². The van der Waals surface area contributed by atoms with Crippen LogP contribution in [0, 0.1) is 6.92 Å². The zero-order chi connectivity index (χ0) is 10.8. The minimum absolute atomic E-state index is 0.112. The van der Waals surface area contributed by atoms with E-state index in [2.05, 4.69) is 5.32 Å². The zero-order valence-electron chi connectivity index (χ0n) is 8.37. The summed E-state index contributed by atoms with van der Waals surface area (Å²) >= 11 is 0. The second-order valence-corrected chi connectivity index (χ2v) is 3.34. The highest BCUT2D eigenvalue weighted by Gasteiger charge is 2.15. The molecule has 1 aromatic rings. The molecule has 15 heavy (non-hydrogen) atoms. The van der Waals surface area contributed by atoms with Gasteiger partial charge in [-0.2, -0.15) is 0 Å². The Morgan fingerprint density at radius 3 is 2.80 bits per heavy atom. The summed E-state index contributed by atoms with van der Waals surface area (Å²) in [5.41, 5.74) is 6.86. The van der Waals surface area contributed by atoms with Crippen molar-refractivity contribution in [3.05, 3.63) is 17.7 Å². The number of aryl methyl sites for hydroxylation is 1. The van der Waals surface area contributed by atoms with Crippen molar-refractivity contribution in [3.63, 3.8) is 0 Å². The largest absolute Gasteiger partial charge is 0.454 e. The number of hydrogen-bond donors (Lipinski definition) is 2. The van der Waals surface area contributed by atoms with Crippen LogP contribution in [0.2, 0.25) is 0 Å². The molecule has 1 aliphatic rings. The molecule has 0 atom stereocenters. The Morgan fingerprint density at radius 1 is 1.47 bits per heavy atom. The number of anilines is 1. The topological polar surface area (TPSA) is 73.6 Å². The van der Waals surface area contributed by atoms with Gasteiger partial charge in [0.1, 0.15) is 0 Å². The molecule has 0 bridgehead atoms. The van der Waals surface area contributed by atoms with Gasteiger partial charge < -0.3 is 20.5 Å². The van der Waals surface area contributed by atoms with E-state index in [1.165, 1.54) is 0 Å². The maximum absolute atomic E-state index is 10.6.